The van der Waals surface area contributed by atoms with Crippen molar-refractivity contribution >= 4 is 30.7 Å². The zero-order chi connectivity index (χ0) is 12.0. The first-order valence-corrected chi connectivity index (χ1v) is 3.53. The van der Waals surface area contributed by atoms with Crippen molar-refractivity contribution in [1.29, 1.82) is 0 Å². The van der Waals surface area contributed by atoms with Gasteiger partial charge < -0.3 is 0 Å². The van der Waals surface area contributed by atoms with Crippen LogP contribution < -0.4 is 5.32 Å². The maximum Gasteiger partial charge on any atom is 0.401 e. The Hall–Kier alpha value is -0.683. The van der Waals surface area contributed by atoms with Gasteiger partial charge in [-0.25, -0.2) is 0 Å². The van der Waals surface area contributed by atoms with E-state index in [1.54, 1.807) is 0 Å². The smallest absolute Gasteiger partial charge is 0.295 e. The summed E-state index contributed by atoms with van der Waals surface area (Å²) in [7, 11) is 0. The van der Waals surface area contributed by atoms with Crippen LogP contribution in [-0.4, -0.2) is 43.0 Å². The largest absolute Gasteiger partial charge is 0.401 e. The molecule has 1 radical (unpaired) electrons. The van der Waals surface area contributed by atoms with Crippen LogP contribution in [0.3, 0.4) is 0 Å². The summed E-state index contributed by atoms with van der Waals surface area (Å²) in [5.41, 5.74) is 0. The fourth-order valence-corrected chi connectivity index (χ4v) is 1.25. The Bertz CT molecular complexity index is 281. The fraction of sp³-hybridized carbons (Fsp3) is 0.667. The van der Waals surface area contributed by atoms with Crippen molar-refractivity contribution in [3.8, 4) is 0 Å². The van der Waals surface area contributed by atoms with Crippen molar-refractivity contribution in [3.63, 3.8) is 0 Å². The number of nitrogens with one attached hydrogen (secondary N) is 1. The Morgan fingerprint density at radius 3 is 1.25 bits per heavy atom. The molecule has 0 saturated carbocycles. The van der Waals surface area contributed by atoms with E-state index < -0.39 is 36.0 Å². The van der Waals surface area contributed by atoms with Crippen molar-refractivity contribution in [2.24, 2.45) is 11.8 Å². The first-order valence-electron chi connectivity index (χ1n) is 3.53. The summed E-state index contributed by atoms with van der Waals surface area (Å²) < 4.78 is 72.3. The quantitative estimate of drug-likeness (QED) is 0.384. The third-order valence-electron chi connectivity index (χ3n) is 1.85. The number of alkyl halides is 6. The minimum Gasteiger partial charge on any atom is -0.295 e. The number of hydrogen-bond donors (Lipinski definition) is 1. The molecule has 1 aliphatic heterocycles. The van der Waals surface area contributed by atoms with Crippen LogP contribution in [0.1, 0.15) is 0 Å². The van der Waals surface area contributed by atoms with Crippen LogP contribution in [0.25, 0.3) is 0 Å². The van der Waals surface area contributed by atoms with Gasteiger partial charge in [-0.2, -0.15) is 26.3 Å². The molecule has 1 aliphatic rings. The number of imide groups is 1. The monoisotopic (exact) mass is 242 g/mol. The van der Waals surface area contributed by atoms with E-state index in [9.17, 15) is 35.9 Å². The minimum atomic E-state index is -5.39. The molecular formula is C6H3F6LiNO2. The van der Waals surface area contributed by atoms with E-state index in [-0.39, 0.29) is 18.9 Å². The number of hydrogen-bond acceptors (Lipinski definition) is 2. The van der Waals surface area contributed by atoms with Gasteiger partial charge in [-0.3, -0.25) is 14.9 Å². The molecule has 2 atom stereocenters. The van der Waals surface area contributed by atoms with E-state index in [0.717, 1.165) is 5.32 Å². The van der Waals surface area contributed by atoms with Crippen LogP contribution in [0.4, 0.5) is 26.3 Å². The molecule has 87 valence electrons. The normalized spacial score (nSPS) is 26.4. The van der Waals surface area contributed by atoms with Crippen molar-refractivity contribution in [2.45, 2.75) is 12.4 Å². The first kappa shape index (κ1) is 15.3. The molecule has 1 N–H and O–H groups in total. The van der Waals surface area contributed by atoms with Gasteiger partial charge >= 0.3 is 12.4 Å². The molecule has 0 spiro atoms. The van der Waals surface area contributed by atoms with Gasteiger partial charge in [0.15, 0.2) is 11.8 Å². The van der Waals surface area contributed by atoms with Gasteiger partial charge in [0.05, 0.1) is 0 Å². The SMILES string of the molecule is O=C1NC(=O)C(C(F)(F)F)C1C(F)(F)F.[Li]. The van der Waals surface area contributed by atoms with Crippen LogP contribution in [0.2, 0.25) is 0 Å². The number of carbonyl (C=O) groups is 2. The molecule has 1 rings (SSSR count). The minimum absolute atomic E-state index is 0. The molecule has 2 amide bonds. The van der Waals surface area contributed by atoms with Gasteiger partial charge in [0.25, 0.3) is 0 Å². The van der Waals surface area contributed by atoms with E-state index in [1.165, 1.54) is 0 Å². The molecule has 1 saturated heterocycles. The second kappa shape index (κ2) is 4.29. The van der Waals surface area contributed by atoms with Gasteiger partial charge in [0.2, 0.25) is 11.8 Å². The van der Waals surface area contributed by atoms with Crippen LogP contribution in [0.5, 0.6) is 0 Å². The van der Waals surface area contributed by atoms with Gasteiger partial charge in [0, 0.05) is 18.9 Å². The van der Waals surface area contributed by atoms with Crippen molar-refractivity contribution in [2.75, 3.05) is 0 Å². The Morgan fingerprint density at radius 1 is 0.812 bits per heavy atom. The maximum atomic E-state index is 12.1. The molecule has 16 heavy (non-hydrogen) atoms. The summed E-state index contributed by atoms with van der Waals surface area (Å²) in [4.78, 5) is 21.1. The molecule has 0 aliphatic carbocycles. The molecule has 1 fully saturated rings. The summed E-state index contributed by atoms with van der Waals surface area (Å²) >= 11 is 0. The Labute approximate surface area is 96.7 Å². The number of rotatable bonds is 0. The predicted octanol–water partition coefficient (Wildman–Crippen LogP) is 0.619. The van der Waals surface area contributed by atoms with E-state index >= 15 is 0 Å². The molecule has 0 aromatic carbocycles. The topological polar surface area (TPSA) is 46.2 Å². The fourth-order valence-electron chi connectivity index (χ4n) is 1.25. The summed E-state index contributed by atoms with van der Waals surface area (Å²) in [6.45, 7) is 0. The van der Waals surface area contributed by atoms with Crippen molar-refractivity contribution in [3.05, 3.63) is 0 Å². The zero-order valence-corrected chi connectivity index (χ0v) is 7.74. The molecule has 0 bridgehead atoms. The summed E-state index contributed by atoms with van der Waals surface area (Å²) in [6, 6.07) is 0. The summed E-state index contributed by atoms with van der Waals surface area (Å²) in [5.74, 6) is -10.6. The molecule has 0 aromatic heterocycles. The van der Waals surface area contributed by atoms with Crippen molar-refractivity contribution in [1.82, 2.24) is 5.32 Å². The van der Waals surface area contributed by atoms with Crippen LogP contribution in [0.15, 0.2) is 0 Å². The maximum absolute atomic E-state index is 12.1. The van der Waals surface area contributed by atoms with Crippen LogP contribution in [0, 0.1) is 11.8 Å². The predicted molar refractivity (Wildman–Crippen MR) is 38.0 cm³/mol. The van der Waals surface area contributed by atoms with Gasteiger partial charge in [-0.05, 0) is 0 Å². The van der Waals surface area contributed by atoms with E-state index in [4.69, 9.17) is 0 Å². The Morgan fingerprint density at radius 2 is 1.06 bits per heavy atom. The average molecular weight is 242 g/mol. The second-order valence-corrected chi connectivity index (χ2v) is 2.89. The van der Waals surface area contributed by atoms with Crippen molar-refractivity contribution < 1.29 is 35.9 Å². The average Bonchev–Trinajstić information content (AvgIpc) is 2.22. The molecular weight excluding hydrogens is 239 g/mol. The zero-order valence-electron chi connectivity index (χ0n) is 7.74. The van der Waals surface area contributed by atoms with E-state index in [2.05, 4.69) is 0 Å². The molecule has 2 unspecified atom stereocenters. The molecule has 0 aromatic rings. The van der Waals surface area contributed by atoms with Crippen LogP contribution >= 0.6 is 0 Å². The Kier molecular flexibility index (Phi) is 4.11. The van der Waals surface area contributed by atoms with Gasteiger partial charge in [-0.15, -0.1) is 0 Å². The summed E-state index contributed by atoms with van der Waals surface area (Å²) in [5, 5.41) is 1.01. The first-order chi connectivity index (χ1) is 6.55. The number of amides is 2. The third kappa shape index (κ3) is 2.71. The summed E-state index contributed by atoms with van der Waals surface area (Å²) in [6.07, 6.45) is -10.8. The van der Waals surface area contributed by atoms with E-state index in [0.29, 0.717) is 0 Å². The number of carbonyl (C=O) groups excluding carboxylic acids is 2. The van der Waals surface area contributed by atoms with E-state index in [1.807, 2.05) is 0 Å². The van der Waals surface area contributed by atoms with Crippen LogP contribution in [-0.2, 0) is 9.59 Å². The number of halogens is 6. The second-order valence-electron chi connectivity index (χ2n) is 2.89. The Balaban J connectivity index is 0.00000225. The molecule has 10 heteroatoms. The third-order valence-corrected chi connectivity index (χ3v) is 1.85. The van der Waals surface area contributed by atoms with Gasteiger partial charge in [-0.1, -0.05) is 0 Å². The molecule has 3 nitrogen and oxygen atoms in total. The van der Waals surface area contributed by atoms with Gasteiger partial charge in [0.1, 0.15) is 0 Å². The molecule has 1 heterocycles. The standard InChI is InChI=1S/C6H3F6NO2.Li/c7-5(8,9)1-2(6(10,11)12)4(15)13-3(1)14;/h1-2H,(H,13,14,15);.